The highest BCUT2D eigenvalue weighted by atomic mass is 16.5. The number of benzene rings is 2. The molecule has 0 unspecified atom stereocenters. The third kappa shape index (κ3) is 5.08. The fourth-order valence-corrected chi connectivity index (χ4v) is 2.37. The fourth-order valence-electron chi connectivity index (χ4n) is 2.37. The zero-order chi connectivity index (χ0) is 15.6. The van der Waals surface area contributed by atoms with E-state index in [0.29, 0.717) is 0 Å². The van der Waals surface area contributed by atoms with Crippen molar-refractivity contribution in [3.05, 3.63) is 60.2 Å². The summed E-state index contributed by atoms with van der Waals surface area (Å²) in [5.74, 6) is 0.970. The Morgan fingerprint density at radius 1 is 0.909 bits per heavy atom. The number of rotatable bonds is 9. The molecule has 22 heavy (non-hydrogen) atoms. The Hall–Kier alpha value is -2.00. The van der Waals surface area contributed by atoms with Gasteiger partial charge in [-0.1, -0.05) is 50.2 Å². The van der Waals surface area contributed by atoms with Gasteiger partial charge < -0.3 is 15.0 Å². The van der Waals surface area contributed by atoms with Crippen molar-refractivity contribution < 1.29 is 4.74 Å². The maximum atomic E-state index is 5.98. The van der Waals surface area contributed by atoms with E-state index in [1.807, 2.05) is 30.3 Å². The molecule has 0 saturated carbocycles. The van der Waals surface area contributed by atoms with Crippen molar-refractivity contribution in [2.75, 3.05) is 31.6 Å². The van der Waals surface area contributed by atoms with Crippen LogP contribution in [0.3, 0.4) is 0 Å². The minimum atomic E-state index is 0.726. The monoisotopic (exact) mass is 298 g/mol. The Morgan fingerprint density at radius 3 is 2.32 bits per heavy atom. The standard InChI is InChI=1S/C19H26N2O/c1-3-21(4-2)14-15-22-19-13-9-8-10-17(19)16-20-18-11-6-5-7-12-18/h5-13,20H,3-4,14-16H2,1-2H3. The summed E-state index contributed by atoms with van der Waals surface area (Å²) in [5, 5.41) is 3.43. The third-order valence-corrected chi connectivity index (χ3v) is 3.79. The fraction of sp³-hybridized carbons (Fsp3) is 0.368. The molecule has 0 aliphatic rings. The normalized spacial score (nSPS) is 10.7. The predicted molar refractivity (Wildman–Crippen MR) is 93.5 cm³/mol. The molecule has 0 radical (unpaired) electrons. The van der Waals surface area contributed by atoms with E-state index < -0.39 is 0 Å². The second-order valence-corrected chi connectivity index (χ2v) is 5.20. The van der Waals surface area contributed by atoms with Crippen LogP contribution in [0.1, 0.15) is 19.4 Å². The molecule has 0 bridgehead atoms. The van der Waals surface area contributed by atoms with E-state index in [0.717, 1.165) is 44.2 Å². The number of ether oxygens (including phenoxy) is 1. The lowest BCUT2D eigenvalue weighted by Gasteiger charge is -2.19. The number of anilines is 1. The van der Waals surface area contributed by atoms with E-state index in [1.54, 1.807) is 0 Å². The molecule has 1 N–H and O–H groups in total. The van der Waals surface area contributed by atoms with Crippen LogP contribution in [0.5, 0.6) is 5.75 Å². The summed E-state index contributed by atoms with van der Waals surface area (Å²) in [4.78, 5) is 2.37. The SMILES string of the molecule is CCN(CC)CCOc1ccccc1CNc1ccccc1. The van der Waals surface area contributed by atoms with Crippen molar-refractivity contribution in [2.45, 2.75) is 20.4 Å². The van der Waals surface area contributed by atoms with E-state index in [1.165, 1.54) is 5.56 Å². The second kappa shape index (κ2) is 9.11. The summed E-state index contributed by atoms with van der Waals surface area (Å²) >= 11 is 0. The lowest BCUT2D eigenvalue weighted by atomic mass is 10.2. The van der Waals surface area contributed by atoms with Gasteiger partial charge in [0.1, 0.15) is 12.4 Å². The molecule has 0 spiro atoms. The molecule has 0 fully saturated rings. The molecule has 0 heterocycles. The van der Waals surface area contributed by atoms with E-state index in [9.17, 15) is 0 Å². The van der Waals surface area contributed by atoms with Crippen LogP contribution in [-0.2, 0) is 6.54 Å². The quantitative estimate of drug-likeness (QED) is 0.757. The van der Waals surface area contributed by atoms with Crippen LogP contribution >= 0.6 is 0 Å². The molecule has 0 saturated heterocycles. The van der Waals surface area contributed by atoms with Crippen LogP contribution < -0.4 is 10.1 Å². The van der Waals surface area contributed by atoms with Gasteiger partial charge in [0, 0.05) is 24.3 Å². The maximum Gasteiger partial charge on any atom is 0.124 e. The van der Waals surface area contributed by atoms with Crippen LogP contribution in [0.25, 0.3) is 0 Å². The zero-order valence-corrected chi connectivity index (χ0v) is 13.6. The minimum absolute atomic E-state index is 0.726. The van der Waals surface area contributed by atoms with Crippen LogP contribution in [0, 0.1) is 0 Å². The number of hydrogen-bond donors (Lipinski definition) is 1. The van der Waals surface area contributed by atoms with Gasteiger partial charge in [-0.05, 0) is 31.3 Å². The van der Waals surface area contributed by atoms with Gasteiger partial charge in [0.2, 0.25) is 0 Å². The third-order valence-electron chi connectivity index (χ3n) is 3.79. The highest BCUT2D eigenvalue weighted by Crippen LogP contribution is 2.19. The van der Waals surface area contributed by atoms with Crippen molar-refractivity contribution in [2.24, 2.45) is 0 Å². The van der Waals surface area contributed by atoms with Crippen LogP contribution in [0.2, 0.25) is 0 Å². The zero-order valence-electron chi connectivity index (χ0n) is 13.6. The molecule has 2 aromatic carbocycles. The lowest BCUT2D eigenvalue weighted by Crippen LogP contribution is -2.28. The number of likely N-dealkylation sites (N-methyl/N-ethyl adjacent to an activating group) is 1. The Bertz CT molecular complexity index is 538. The van der Waals surface area contributed by atoms with E-state index in [-0.39, 0.29) is 0 Å². The highest BCUT2D eigenvalue weighted by Gasteiger charge is 2.04. The summed E-state index contributed by atoms with van der Waals surface area (Å²) < 4.78 is 5.98. The minimum Gasteiger partial charge on any atom is -0.492 e. The Kier molecular flexibility index (Phi) is 6.78. The van der Waals surface area contributed by atoms with Crippen molar-refractivity contribution in [3.63, 3.8) is 0 Å². The Balaban J connectivity index is 1.89. The van der Waals surface area contributed by atoms with Crippen LogP contribution in [0.4, 0.5) is 5.69 Å². The van der Waals surface area contributed by atoms with Gasteiger partial charge in [-0.15, -0.1) is 0 Å². The van der Waals surface area contributed by atoms with Crippen molar-refractivity contribution in [3.8, 4) is 5.75 Å². The molecule has 0 amide bonds. The average Bonchev–Trinajstić information content (AvgIpc) is 2.59. The van der Waals surface area contributed by atoms with Gasteiger partial charge in [-0.25, -0.2) is 0 Å². The van der Waals surface area contributed by atoms with E-state index in [2.05, 4.69) is 48.3 Å². The van der Waals surface area contributed by atoms with E-state index >= 15 is 0 Å². The van der Waals surface area contributed by atoms with Gasteiger partial charge in [-0.3, -0.25) is 0 Å². The molecule has 0 atom stereocenters. The van der Waals surface area contributed by atoms with Crippen LogP contribution in [0.15, 0.2) is 54.6 Å². The topological polar surface area (TPSA) is 24.5 Å². The van der Waals surface area contributed by atoms with Gasteiger partial charge in [0.05, 0.1) is 0 Å². The molecular weight excluding hydrogens is 272 g/mol. The summed E-state index contributed by atoms with van der Waals surface area (Å²) in [5.41, 5.74) is 2.31. The average molecular weight is 298 g/mol. The molecule has 2 aromatic rings. The molecule has 118 valence electrons. The molecule has 0 aromatic heterocycles. The number of para-hydroxylation sites is 2. The number of nitrogens with one attached hydrogen (secondary N) is 1. The van der Waals surface area contributed by atoms with Crippen LogP contribution in [-0.4, -0.2) is 31.1 Å². The van der Waals surface area contributed by atoms with Gasteiger partial charge >= 0.3 is 0 Å². The smallest absolute Gasteiger partial charge is 0.124 e. The Morgan fingerprint density at radius 2 is 1.59 bits per heavy atom. The Labute approximate surface area is 133 Å². The molecule has 0 aliphatic heterocycles. The number of nitrogens with zero attached hydrogens (tertiary/aromatic N) is 1. The first-order chi connectivity index (χ1) is 10.8. The molecule has 3 nitrogen and oxygen atoms in total. The second-order valence-electron chi connectivity index (χ2n) is 5.20. The lowest BCUT2D eigenvalue weighted by molar-refractivity contribution is 0.222. The van der Waals surface area contributed by atoms with Crippen molar-refractivity contribution in [1.82, 2.24) is 4.90 Å². The van der Waals surface area contributed by atoms with Crippen molar-refractivity contribution in [1.29, 1.82) is 0 Å². The van der Waals surface area contributed by atoms with Gasteiger partial charge in [0.15, 0.2) is 0 Å². The maximum absolute atomic E-state index is 5.98. The molecule has 2 rings (SSSR count). The predicted octanol–water partition coefficient (Wildman–Crippen LogP) is 4.02. The van der Waals surface area contributed by atoms with Gasteiger partial charge in [0.25, 0.3) is 0 Å². The largest absolute Gasteiger partial charge is 0.492 e. The van der Waals surface area contributed by atoms with E-state index in [4.69, 9.17) is 4.74 Å². The molecule has 3 heteroatoms. The summed E-state index contributed by atoms with van der Waals surface area (Å²) in [6.45, 7) is 8.96. The summed E-state index contributed by atoms with van der Waals surface area (Å²) in [7, 11) is 0. The highest BCUT2D eigenvalue weighted by molar-refractivity contribution is 5.44. The molecule has 0 aliphatic carbocycles. The molecular formula is C19H26N2O. The number of hydrogen-bond acceptors (Lipinski definition) is 3. The first-order valence-electron chi connectivity index (χ1n) is 8.05. The first-order valence-corrected chi connectivity index (χ1v) is 8.05. The summed E-state index contributed by atoms with van der Waals surface area (Å²) in [6.07, 6.45) is 0. The first kappa shape index (κ1) is 16.4. The summed E-state index contributed by atoms with van der Waals surface area (Å²) in [6, 6.07) is 18.5. The van der Waals surface area contributed by atoms with Gasteiger partial charge in [-0.2, -0.15) is 0 Å². The van der Waals surface area contributed by atoms with Crippen molar-refractivity contribution >= 4 is 5.69 Å².